The summed E-state index contributed by atoms with van der Waals surface area (Å²) >= 11 is 0. The first-order valence-electron chi connectivity index (χ1n) is 5.81. The molecule has 0 aromatic carbocycles. The number of nitrogens with zero attached hydrogens (tertiary/aromatic N) is 1. The Morgan fingerprint density at radius 1 is 1.28 bits per heavy atom. The highest BCUT2D eigenvalue weighted by atomic mass is 19.4. The molecule has 0 atom stereocenters. The molecule has 1 aromatic rings. The predicted octanol–water partition coefficient (Wildman–Crippen LogP) is 2.77. The van der Waals surface area contributed by atoms with E-state index in [1.807, 2.05) is 0 Å². The molecule has 1 aliphatic rings. The molecule has 0 bridgehead atoms. The van der Waals surface area contributed by atoms with E-state index >= 15 is 0 Å². The van der Waals surface area contributed by atoms with Crippen molar-refractivity contribution in [3.05, 3.63) is 29.6 Å². The van der Waals surface area contributed by atoms with Crippen LogP contribution >= 0.6 is 0 Å². The van der Waals surface area contributed by atoms with Crippen molar-refractivity contribution >= 4 is 5.91 Å². The first kappa shape index (κ1) is 12.9. The van der Waals surface area contributed by atoms with Crippen LogP contribution in [0.1, 0.15) is 41.7 Å². The van der Waals surface area contributed by atoms with Crippen LogP contribution in [-0.4, -0.2) is 16.9 Å². The van der Waals surface area contributed by atoms with Gasteiger partial charge in [0.1, 0.15) is 5.69 Å². The topological polar surface area (TPSA) is 42.0 Å². The van der Waals surface area contributed by atoms with Gasteiger partial charge in [0.25, 0.3) is 5.91 Å². The molecule has 6 heteroatoms. The molecule has 18 heavy (non-hydrogen) atoms. The van der Waals surface area contributed by atoms with Crippen LogP contribution in [0.4, 0.5) is 13.2 Å². The minimum absolute atomic E-state index is 0.139. The van der Waals surface area contributed by atoms with E-state index in [0.717, 1.165) is 44.0 Å². The van der Waals surface area contributed by atoms with E-state index in [-0.39, 0.29) is 17.5 Å². The number of nitrogens with one attached hydrogen (secondary N) is 1. The second-order valence-electron chi connectivity index (χ2n) is 4.38. The second-order valence-corrected chi connectivity index (χ2v) is 4.38. The van der Waals surface area contributed by atoms with Crippen molar-refractivity contribution in [1.82, 2.24) is 10.3 Å². The second kappa shape index (κ2) is 4.96. The Morgan fingerprint density at radius 3 is 2.44 bits per heavy atom. The van der Waals surface area contributed by atoms with Crippen LogP contribution in [0.5, 0.6) is 0 Å². The molecule has 0 spiro atoms. The normalized spacial score (nSPS) is 16.8. The molecular formula is C12H13F3N2O. The maximum absolute atomic E-state index is 12.3. The number of amides is 1. The molecule has 1 aliphatic carbocycles. The lowest BCUT2D eigenvalue weighted by molar-refractivity contribution is -0.141. The highest BCUT2D eigenvalue weighted by Gasteiger charge is 2.32. The summed E-state index contributed by atoms with van der Waals surface area (Å²) in [7, 11) is 0. The summed E-state index contributed by atoms with van der Waals surface area (Å²) in [6.07, 6.45) is 0.513. The van der Waals surface area contributed by atoms with E-state index in [4.69, 9.17) is 0 Å². The lowest BCUT2D eigenvalue weighted by atomic mass is 10.2. The summed E-state index contributed by atoms with van der Waals surface area (Å²) in [6.45, 7) is 0. The molecule has 1 heterocycles. The largest absolute Gasteiger partial charge is 0.433 e. The molecule has 2 rings (SSSR count). The van der Waals surface area contributed by atoms with Gasteiger partial charge in [0.05, 0.1) is 5.56 Å². The summed E-state index contributed by atoms with van der Waals surface area (Å²) in [4.78, 5) is 15.0. The van der Waals surface area contributed by atoms with Crippen LogP contribution in [-0.2, 0) is 6.18 Å². The number of alkyl halides is 3. The molecular weight excluding hydrogens is 245 g/mol. The number of carbonyl (C=O) groups excluding carboxylic acids is 1. The van der Waals surface area contributed by atoms with Crippen LogP contribution in [0.15, 0.2) is 18.3 Å². The van der Waals surface area contributed by atoms with Gasteiger partial charge in [-0.15, -0.1) is 0 Å². The number of pyridine rings is 1. The van der Waals surface area contributed by atoms with E-state index in [1.165, 1.54) is 0 Å². The Labute approximate surface area is 102 Å². The van der Waals surface area contributed by atoms with Crippen LogP contribution < -0.4 is 5.32 Å². The number of carbonyl (C=O) groups is 1. The zero-order chi connectivity index (χ0) is 13.2. The Bertz CT molecular complexity index is 422. The fourth-order valence-corrected chi connectivity index (χ4v) is 2.03. The van der Waals surface area contributed by atoms with Crippen molar-refractivity contribution in [2.45, 2.75) is 37.9 Å². The summed E-state index contributed by atoms with van der Waals surface area (Å²) in [5.74, 6) is -0.358. The van der Waals surface area contributed by atoms with E-state index in [0.29, 0.717) is 0 Å². The van der Waals surface area contributed by atoms with Crippen LogP contribution in [0, 0.1) is 0 Å². The first-order valence-corrected chi connectivity index (χ1v) is 5.81. The van der Waals surface area contributed by atoms with Gasteiger partial charge in [0.15, 0.2) is 0 Å². The summed E-state index contributed by atoms with van der Waals surface area (Å²) in [5, 5.41) is 2.79. The zero-order valence-corrected chi connectivity index (χ0v) is 9.63. The molecule has 1 saturated carbocycles. The zero-order valence-electron chi connectivity index (χ0n) is 9.63. The Morgan fingerprint density at radius 2 is 1.94 bits per heavy atom. The van der Waals surface area contributed by atoms with Crippen LogP contribution in [0.2, 0.25) is 0 Å². The third kappa shape index (κ3) is 3.00. The average Bonchev–Trinajstić information content (AvgIpc) is 2.81. The van der Waals surface area contributed by atoms with Crippen molar-refractivity contribution in [3.63, 3.8) is 0 Å². The third-order valence-electron chi connectivity index (χ3n) is 3.01. The SMILES string of the molecule is O=C(NC1CCCC1)c1ccc(C(F)(F)F)nc1. The van der Waals surface area contributed by atoms with E-state index in [2.05, 4.69) is 10.3 Å². The van der Waals surface area contributed by atoms with Gasteiger partial charge in [0, 0.05) is 12.2 Å². The van der Waals surface area contributed by atoms with E-state index in [1.54, 1.807) is 0 Å². The predicted molar refractivity (Wildman–Crippen MR) is 59.0 cm³/mol. The summed E-state index contributed by atoms with van der Waals surface area (Å²) in [6, 6.07) is 2.11. The standard InChI is InChI=1S/C12H13F3N2O/c13-12(14,15)10-6-5-8(7-16-10)11(18)17-9-3-1-2-4-9/h5-7,9H,1-4H2,(H,17,18). The van der Waals surface area contributed by atoms with Gasteiger partial charge in [-0.25, -0.2) is 0 Å². The molecule has 0 aliphatic heterocycles. The lowest BCUT2D eigenvalue weighted by Crippen LogP contribution is -2.32. The van der Waals surface area contributed by atoms with Gasteiger partial charge in [-0.1, -0.05) is 12.8 Å². The summed E-state index contributed by atoms with van der Waals surface area (Å²) < 4.78 is 36.9. The van der Waals surface area contributed by atoms with Crippen LogP contribution in [0.25, 0.3) is 0 Å². The molecule has 1 amide bonds. The quantitative estimate of drug-likeness (QED) is 0.886. The minimum atomic E-state index is -4.47. The highest BCUT2D eigenvalue weighted by molar-refractivity contribution is 5.94. The Balaban J connectivity index is 2.02. The van der Waals surface area contributed by atoms with E-state index < -0.39 is 11.9 Å². The molecule has 1 N–H and O–H groups in total. The van der Waals surface area contributed by atoms with Gasteiger partial charge < -0.3 is 5.32 Å². The maximum Gasteiger partial charge on any atom is 0.433 e. The van der Waals surface area contributed by atoms with Gasteiger partial charge in [-0.2, -0.15) is 13.2 Å². The number of rotatable bonds is 2. The Kier molecular flexibility index (Phi) is 3.54. The van der Waals surface area contributed by atoms with Gasteiger partial charge in [-0.3, -0.25) is 9.78 Å². The van der Waals surface area contributed by atoms with Crippen molar-refractivity contribution < 1.29 is 18.0 Å². The number of hydrogen-bond donors (Lipinski definition) is 1. The molecule has 0 radical (unpaired) electrons. The van der Waals surface area contributed by atoms with Crippen molar-refractivity contribution in [2.24, 2.45) is 0 Å². The van der Waals surface area contributed by atoms with Crippen molar-refractivity contribution in [2.75, 3.05) is 0 Å². The monoisotopic (exact) mass is 258 g/mol. The smallest absolute Gasteiger partial charge is 0.349 e. The molecule has 1 fully saturated rings. The molecule has 0 unspecified atom stereocenters. The highest BCUT2D eigenvalue weighted by Crippen LogP contribution is 2.27. The van der Waals surface area contributed by atoms with Crippen LogP contribution in [0.3, 0.4) is 0 Å². The Hall–Kier alpha value is -1.59. The number of halogens is 3. The molecule has 98 valence electrons. The average molecular weight is 258 g/mol. The number of aromatic nitrogens is 1. The summed E-state index contributed by atoms with van der Waals surface area (Å²) in [5.41, 5.74) is -0.824. The van der Waals surface area contributed by atoms with Crippen molar-refractivity contribution in [1.29, 1.82) is 0 Å². The van der Waals surface area contributed by atoms with Gasteiger partial charge in [0.2, 0.25) is 0 Å². The fraction of sp³-hybridized carbons (Fsp3) is 0.500. The third-order valence-corrected chi connectivity index (χ3v) is 3.01. The molecule has 0 saturated heterocycles. The number of hydrogen-bond acceptors (Lipinski definition) is 2. The maximum atomic E-state index is 12.3. The van der Waals surface area contributed by atoms with E-state index in [9.17, 15) is 18.0 Å². The lowest BCUT2D eigenvalue weighted by Gasteiger charge is -2.12. The first-order chi connectivity index (χ1) is 8.47. The van der Waals surface area contributed by atoms with Gasteiger partial charge >= 0.3 is 6.18 Å². The van der Waals surface area contributed by atoms with Gasteiger partial charge in [-0.05, 0) is 25.0 Å². The fourth-order valence-electron chi connectivity index (χ4n) is 2.03. The molecule has 3 nitrogen and oxygen atoms in total. The minimum Gasteiger partial charge on any atom is -0.349 e. The molecule has 1 aromatic heterocycles. The van der Waals surface area contributed by atoms with Crippen molar-refractivity contribution in [3.8, 4) is 0 Å².